The predicted molar refractivity (Wildman–Crippen MR) is 197 cm³/mol. The van der Waals surface area contributed by atoms with Crippen molar-refractivity contribution in [2.75, 3.05) is 36.5 Å². The highest BCUT2D eigenvalue weighted by Crippen LogP contribution is 2.45. The van der Waals surface area contributed by atoms with Crippen LogP contribution in [-0.4, -0.2) is 63.4 Å². The average molecular weight is 679 g/mol. The molecule has 1 N–H and O–H groups in total. The molecule has 2 aliphatic rings. The van der Waals surface area contributed by atoms with Gasteiger partial charge in [0, 0.05) is 66.8 Å². The zero-order valence-corrected chi connectivity index (χ0v) is 30.9. The SMILES string of the molecule is COc1ccncc1-c1cc(C)nc(N2CCc3cc(-c4c(C)nc(C)c(C(OC(C)(C)C)C(=O)O)c4N4CCC(C)(C)CC4)ccc3C2)n1. The van der Waals surface area contributed by atoms with Crippen molar-refractivity contribution in [1.29, 1.82) is 0 Å². The number of pyridine rings is 2. The van der Waals surface area contributed by atoms with Crippen LogP contribution in [0.5, 0.6) is 5.75 Å². The monoisotopic (exact) mass is 678 g/mol. The normalized spacial score (nSPS) is 16.6. The number of benzene rings is 1. The molecule has 4 aromatic rings. The number of aliphatic carboxylic acids is 1. The van der Waals surface area contributed by atoms with Crippen LogP contribution in [0, 0.1) is 26.2 Å². The highest BCUT2D eigenvalue weighted by molar-refractivity contribution is 5.88. The minimum absolute atomic E-state index is 0.228. The fourth-order valence-corrected chi connectivity index (χ4v) is 7.22. The summed E-state index contributed by atoms with van der Waals surface area (Å²) in [5.74, 6) is 0.391. The first-order valence-electron chi connectivity index (χ1n) is 17.5. The summed E-state index contributed by atoms with van der Waals surface area (Å²) in [6.07, 6.45) is 5.18. The van der Waals surface area contributed by atoms with Gasteiger partial charge in [-0.05, 0) is 95.0 Å². The van der Waals surface area contributed by atoms with E-state index in [1.165, 1.54) is 11.1 Å². The van der Waals surface area contributed by atoms with E-state index in [-0.39, 0.29) is 5.41 Å². The smallest absolute Gasteiger partial charge is 0.337 e. The van der Waals surface area contributed by atoms with Crippen molar-refractivity contribution < 1.29 is 19.4 Å². The first kappa shape index (κ1) is 35.3. The van der Waals surface area contributed by atoms with Crippen LogP contribution in [-0.2, 0) is 22.5 Å². The van der Waals surface area contributed by atoms with Gasteiger partial charge in [0.2, 0.25) is 5.95 Å². The summed E-state index contributed by atoms with van der Waals surface area (Å²) >= 11 is 0. The molecular formula is C40H50N6O4. The molecule has 1 fully saturated rings. The Morgan fingerprint density at radius 2 is 1.68 bits per heavy atom. The van der Waals surface area contributed by atoms with E-state index in [1.807, 2.05) is 53.7 Å². The van der Waals surface area contributed by atoms with Gasteiger partial charge in [-0.3, -0.25) is 9.97 Å². The number of ether oxygens (including phenoxy) is 2. The Bertz CT molecular complexity index is 1910. The first-order chi connectivity index (χ1) is 23.6. The first-order valence-corrected chi connectivity index (χ1v) is 17.5. The summed E-state index contributed by atoms with van der Waals surface area (Å²) in [5.41, 5.74) is 9.70. The molecule has 0 aliphatic carbocycles. The van der Waals surface area contributed by atoms with Crippen LogP contribution in [0.4, 0.5) is 11.6 Å². The highest BCUT2D eigenvalue weighted by atomic mass is 16.5. The van der Waals surface area contributed by atoms with Gasteiger partial charge in [0.05, 0.1) is 29.7 Å². The Morgan fingerprint density at radius 3 is 2.36 bits per heavy atom. The van der Waals surface area contributed by atoms with Crippen LogP contribution >= 0.6 is 0 Å². The zero-order chi connectivity index (χ0) is 36.0. The highest BCUT2D eigenvalue weighted by Gasteiger charge is 2.37. The van der Waals surface area contributed by atoms with E-state index < -0.39 is 17.7 Å². The number of carbonyl (C=O) groups is 1. The second kappa shape index (κ2) is 13.6. The van der Waals surface area contributed by atoms with Gasteiger partial charge in [-0.15, -0.1) is 0 Å². The summed E-state index contributed by atoms with van der Waals surface area (Å²) < 4.78 is 11.9. The number of anilines is 2. The van der Waals surface area contributed by atoms with Crippen molar-refractivity contribution in [2.45, 2.75) is 92.9 Å². The summed E-state index contributed by atoms with van der Waals surface area (Å²) in [5, 5.41) is 10.6. The second-order valence-electron chi connectivity index (χ2n) is 15.4. The fraction of sp³-hybridized carbons (Fsp3) is 0.475. The molecule has 264 valence electrons. The molecule has 10 heteroatoms. The molecule has 0 radical (unpaired) electrons. The largest absolute Gasteiger partial charge is 0.496 e. The van der Waals surface area contributed by atoms with Crippen LogP contribution in [0.15, 0.2) is 42.7 Å². The molecule has 1 atom stereocenters. The number of carboxylic acid groups (broad SMARTS) is 1. The van der Waals surface area contributed by atoms with Crippen LogP contribution < -0.4 is 14.5 Å². The lowest BCUT2D eigenvalue weighted by molar-refractivity contribution is -0.160. The average Bonchev–Trinajstić information content (AvgIpc) is 3.06. The topological polar surface area (TPSA) is 114 Å². The molecule has 5 heterocycles. The van der Waals surface area contributed by atoms with Crippen molar-refractivity contribution in [2.24, 2.45) is 5.41 Å². The summed E-state index contributed by atoms with van der Waals surface area (Å²) in [4.78, 5) is 36.5. The van der Waals surface area contributed by atoms with E-state index >= 15 is 0 Å². The van der Waals surface area contributed by atoms with E-state index in [9.17, 15) is 9.90 Å². The Labute approximate surface area is 295 Å². The minimum Gasteiger partial charge on any atom is -0.496 e. The quantitative estimate of drug-likeness (QED) is 0.199. The molecule has 0 amide bonds. The molecule has 1 unspecified atom stereocenters. The van der Waals surface area contributed by atoms with E-state index in [2.05, 4.69) is 46.8 Å². The number of carboxylic acids is 1. The van der Waals surface area contributed by atoms with Crippen molar-refractivity contribution >= 4 is 17.6 Å². The third-order valence-electron chi connectivity index (χ3n) is 9.88. The summed E-state index contributed by atoms with van der Waals surface area (Å²) in [7, 11) is 1.65. The maximum atomic E-state index is 12.9. The number of nitrogens with zero attached hydrogens (tertiary/aromatic N) is 6. The lowest BCUT2D eigenvalue weighted by Crippen LogP contribution is -2.39. The third-order valence-corrected chi connectivity index (χ3v) is 9.88. The Morgan fingerprint density at radius 1 is 0.940 bits per heavy atom. The molecule has 1 aromatic carbocycles. The van der Waals surface area contributed by atoms with Crippen molar-refractivity contribution in [3.8, 4) is 28.1 Å². The van der Waals surface area contributed by atoms with Crippen molar-refractivity contribution in [1.82, 2.24) is 19.9 Å². The van der Waals surface area contributed by atoms with E-state index in [4.69, 9.17) is 24.4 Å². The molecule has 6 rings (SSSR count). The molecule has 0 saturated carbocycles. The molecule has 0 bridgehead atoms. The summed E-state index contributed by atoms with van der Waals surface area (Å²) in [6.45, 7) is 19.3. The number of methoxy groups -OCH3 is 1. The van der Waals surface area contributed by atoms with Crippen LogP contribution in [0.1, 0.15) is 87.3 Å². The molecule has 1 saturated heterocycles. The maximum absolute atomic E-state index is 12.9. The second-order valence-corrected chi connectivity index (χ2v) is 15.4. The van der Waals surface area contributed by atoms with Gasteiger partial charge in [-0.1, -0.05) is 32.0 Å². The number of hydrogen-bond acceptors (Lipinski definition) is 9. The van der Waals surface area contributed by atoms with Gasteiger partial charge in [-0.25, -0.2) is 14.8 Å². The minimum atomic E-state index is -1.15. The number of fused-ring (bicyclic) bond motifs is 1. The standard InChI is InChI=1S/C40H50N6O4/c1-24-20-31(30-22-41-16-12-32(30)49-9)44-38(42-24)46-17-13-27-21-28(10-11-29(27)23-46)33-25(2)43-26(3)34(36(37(47)48)50-39(4,5)6)35(33)45-18-14-40(7,8)15-19-45/h10-12,16,20-22,36H,13-15,17-19,23H2,1-9H3,(H,47,48). The van der Waals surface area contributed by atoms with Crippen molar-refractivity contribution in [3.05, 3.63) is 76.5 Å². The van der Waals surface area contributed by atoms with Crippen LogP contribution in [0.3, 0.4) is 0 Å². The van der Waals surface area contributed by atoms with Crippen molar-refractivity contribution in [3.63, 3.8) is 0 Å². The van der Waals surface area contributed by atoms with Gasteiger partial charge in [0.1, 0.15) is 5.75 Å². The van der Waals surface area contributed by atoms with Gasteiger partial charge < -0.3 is 24.4 Å². The van der Waals surface area contributed by atoms with E-state index in [1.54, 1.807) is 19.5 Å². The number of piperidine rings is 1. The lowest BCUT2D eigenvalue weighted by atomic mass is 9.81. The molecule has 50 heavy (non-hydrogen) atoms. The number of rotatable bonds is 8. The maximum Gasteiger partial charge on any atom is 0.337 e. The van der Waals surface area contributed by atoms with Gasteiger partial charge in [-0.2, -0.15) is 0 Å². The van der Waals surface area contributed by atoms with Gasteiger partial charge >= 0.3 is 5.97 Å². The third kappa shape index (κ3) is 7.31. The number of aromatic nitrogens is 4. The van der Waals surface area contributed by atoms with E-state index in [0.717, 1.165) is 84.1 Å². The summed E-state index contributed by atoms with van der Waals surface area (Å²) in [6, 6.07) is 10.4. The zero-order valence-electron chi connectivity index (χ0n) is 30.9. The molecule has 3 aromatic heterocycles. The molecule has 0 spiro atoms. The van der Waals surface area contributed by atoms with E-state index in [0.29, 0.717) is 23.8 Å². The predicted octanol–water partition coefficient (Wildman–Crippen LogP) is 7.66. The van der Waals surface area contributed by atoms with Crippen LogP contribution in [0.2, 0.25) is 0 Å². The number of aryl methyl sites for hydroxylation is 3. The fourth-order valence-electron chi connectivity index (χ4n) is 7.22. The molecule has 2 aliphatic heterocycles. The Balaban J connectivity index is 1.40. The lowest BCUT2D eigenvalue weighted by Gasteiger charge is -2.41. The Kier molecular flexibility index (Phi) is 9.61. The molecular weight excluding hydrogens is 628 g/mol. The van der Waals surface area contributed by atoms with Gasteiger partial charge in [0.15, 0.2) is 6.10 Å². The number of hydrogen-bond donors (Lipinski definition) is 1. The van der Waals surface area contributed by atoms with Crippen LogP contribution in [0.25, 0.3) is 22.4 Å². The molecule has 10 nitrogen and oxygen atoms in total. The van der Waals surface area contributed by atoms with Gasteiger partial charge in [0.25, 0.3) is 0 Å². The Hall–Kier alpha value is -4.57.